The Morgan fingerprint density at radius 1 is 0.923 bits per heavy atom. The first kappa shape index (κ1) is 16.8. The van der Waals surface area contributed by atoms with Crippen LogP contribution in [0.25, 0.3) is 10.9 Å². The highest BCUT2D eigenvalue weighted by Crippen LogP contribution is 2.34. The van der Waals surface area contributed by atoms with Crippen molar-refractivity contribution in [1.29, 1.82) is 0 Å². The lowest BCUT2D eigenvalue weighted by atomic mass is 9.90. The molecule has 0 fully saturated rings. The SMILES string of the molecule is Clc1ccccc1C(CNCc1ccccn1)c1c[nH]c2ccccc12. The first-order valence-electron chi connectivity index (χ1n) is 8.74. The molecule has 0 saturated heterocycles. The van der Waals surface area contributed by atoms with Crippen molar-refractivity contribution in [1.82, 2.24) is 15.3 Å². The summed E-state index contributed by atoms with van der Waals surface area (Å²) < 4.78 is 0. The standard InChI is InChI=1S/C22H20ClN3/c23-21-10-3-1-8-17(21)19(14-24-13-16-7-5-6-12-25-16)20-15-26-22-11-4-2-9-18(20)22/h1-12,15,19,24,26H,13-14H2. The fourth-order valence-electron chi connectivity index (χ4n) is 3.37. The Morgan fingerprint density at radius 3 is 2.58 bits per heavy atom. The first-order valence-corrected chi connectivity index (χ1v) is 9.12. The maximum atomic E-state index is 6.53. The van der Waals surface area contributed by atoms with Gasteiger partial charge in [-0.25, -0.2) is 0 Å². The molecule has 0 amide bonds. The highest BCUT2D eigenvalue weighted by atomic mass is 35.5. The Bertz CT molecular complexity index is 994. The van der Waals surface area contributed by atoms with Crippen molar-refractivity contribution >= 4 is 22.5 Å². The molecule has 2 aromatic heterocycles. The summed E-state index contributed by atoms with van der Waals surface area (Å²) in [5.74, 6) is 0.156. The summed E-state index contributed by atoms with van der Waals surface area (Å²) >= 11 is 6.53. The van der Waals surface area contributed by atoms with E-state index < -0.39 is 0 Å². The Balaban J connectivity index is 1.65. The first-order chi connectivity index (χ1) is 12.8. The minimum atomic E-state index is 0.156. The van der Waals surface area contributed by atoms with Gasteiger partial charge in [-0.1, -0.05) is 54.1 Å². The fourth-order valence-corrected chi connectivity index (χ4v) is 3.64. The summed E-state index contributed by atoms with van der Waals surface area (Å²) in [5, 5.41) is 5.57. The minimum Gasteiger partial charge on any atom is -0.361 e. The summed E-state index contributed by atoms with van der Waals surface area (Å²) in [6.07, 6.45) is 3.92. The van der Waals surface area contributed by atoms with E-state index in [2.05, 4.69) is 45.7 Å². The fraction of sp³-hybridized carbons (Fsp3) is 0.136. The zero-order chi connectivity index (χ0) is 17.8. The monoisotopic (exact) mass is 361 g/mol. The highest BCUT2D eigenvalue weighted by Gasteiger charge is 2.20. The average molecular weight is 362 g/mol. The molecular weight excluding hydrogens is 342 g/mol. The molecule has 26 heavy (non-hydrogen) atoms. The van der Waals surface area contributed by atoms with Gasteiger partial charge < -0.3 is 10.3 Å². The lowest BCUT2D eigenvalue weighted by Gasteiger charge is -2.19. The van der Waals surface area contributed by atoms with Gasteiger partial charge in [-0.2, -0.15) is 0 Å². The number of aromatic nitrogens is 2. The number of halogens is 1. The molecule has 0 bridgehead atoms. The molecule has 0 saturated carbocycles. The van der Waals surface area contributed by atoms with E-state index in [9.17, 15) is 0 Å². The Morgan fingerprint density at radius 2 is 1.73 bits per heavy atom. The summed E-state index contributed by atoms with van der Waals surface area (Å²) in [5.41, 5.74) is 4.56. The molecule has 130 valence electrons. The molecule has 2 N–H and O–H groups in total. The van der Waals surface area contributed by atoms with Gasteiger partial charge in [0.15, 0.2) is 0 Å². The van der Waals surface area contributed by atoms with E-state index in [4.69, 9.17) is 11.6 Å². The molecular formula is C22H20ClN3. The zero-order valence-corrected chi connectivity index (χ0v) is 15.1. The van der Waals surface area contributed by atoms with Crippen molar-refractivity contribution in [2.75, 3.05) is 6.54 Å². The number of para-hydroxylation sites is 1. The smallest absolute Gasteiger partial charge is 0.0541 e. The molecule has 1 atom stereocenters. The molecule has 4 rings (SSSR count). The second-order valence-corrected chi connectivity index (χ2v) is 6.72. The van der Waals surface area contributed by atoms with E-state index in [0.717, 1.165) is 34.9 Å². The molecule has 0 aliphatic carbocycles. The Hall–Kier alpha value is -2.62. The van der Waals surface area contributed by atoms with E-state index >= 15 is 0 Å². The molecule has 4 heteroatoms. The normalized spacial score (nSPS) is 12.3. The van der Waals surface area contributed by atoms with Crippen molar-refractivity contribution in [2.24, 2.45) is 0 Å². The van der Waals surface area contributed by atoms with Gasteiger partial charge in [0.25, 0.3) is 0 Å². The number of pyridine rings is 1. The van der Waals surface area contributed by atoms with Gasteiger partial charge in [-0.15, -0.1) is 0 Å². The molecule has 3 nitrogen and oxygen atoms in total. The van der Waals surface area contributed by atoms with Crippen molar-refractivity contribution in [3.8, 4) is 0 Å². The summed E-state index contributed by atoms with van der Waals surface area (Å²) in [6, 6.07) is 22.4. The average Bonchev–Trinajstić information content (AvgIpc) is 3.11. The van der Waals surface area contributed by atoms with Crippen LogP contribution in [0.2, 0.25) is 5.02 Å². The second-order valence-electron chi connectivity index (χ2n) is 6.32. The Labute approximate surface area is 158 Å². The van der Waals surface area contributed by atoms with Crippen LogP contribution in [0.4, 0.5) is 0 Å². The number of aromatic amines is 1. The summed E-state index contributed by atoms with van der Waals surface area (Å²) in [4.78, 5) is 7.77. The van der Waals surface area contributed by atoms with Crippen LogP contribution in [0.3, 0.4) is 0 Å². The molecule has 4 aromatic rings. The van der Waals surface area contributed by atoms with E-state index in [0.29, 0.717) is 0 Å². The van der Waals surface area contributed by atoms with Crippen LogP contribution in [-0.2, 0) is 6.54 Å². The molecule has 0 radical (unpaired) electrons. The number of H-pyrrole nitrogens is 1. The van der Waals surface area contributed by atoms with Crippen LogP contribution in [0.1, 0.15) is 22.7 Å². The maximum Gasteiger partial charge on any atom is 0.0541 e. The third-order valence-electron chi connectivity index (χ3n) is 4.66. The highest BCUT2D eigenvalue weighted by molar-refractivity contribution is 6.31. The minimum absolute atomic E-state index is 0.156. The van der Waals surface area contributed by atoms with Gasteiger partial charge >= 0.3 is 0 Å². The van der Waals surface area contributed by atoms with Crippen LogP contribution >= 0.6 is 11.6 Å². The van der Waals surface area contributed by atoms with E-state index in [1.165, 1.54) is 10.9 Å². The summed E-state index contributed by atoms with van der Waals surface area (Å²) in [6.45, 7) is 1.51. The largest absolute Gasteiger partial charge is 0.361 e. The maximum absolute atomic E-state index is 6.53. The van der Waals surface area contributed by atoms with Gasteiger partial charge in [0.05, 0.1) is 5.69 Å². The predicted molar refractivity (Wildman–Crippen MR) is 108 cm³/mol. The number of rotatable bonds is 6. The molecule has 1 unspecified atom stereocenters. The summed E-state index contributed by atoms with van der Waals surface area (Å²) in [7, 11) is 0. The number of nitrogens with zero attached hydrogens (tertiary/aromatic N) is 1. The van der Waals surface area contributed by atoms with Gasteiger partial charge in [-0.05, 0) is 35.4 Å². The van der Waals surface area contributed by atoms with Crippen LogP contribution < -0.4 is 5.32 Å². The molecule has 0 spiro atoms. The third kappa shape index (κ3) is 3.50. The van der Waals surface area contributed by atoms with E-state index in [1.54, 1.807) is 0 Å². The van der Waals surface area contributed by atoms with Gasteiger partial charge in [0.1, 0.15) is 0 Å². The second kappa shape index (κ2) is 7.73. The molecule has 2 heterocycles. The van der Waals surface area contributed by atoms with Gasteiger partial charge in [-0.3, -0.25) is 4.98 Å². The van der Waals surface area contributed by atoms with Crippen LogP contribution in [-0.4, -0.2) is 16.5 Å². The van der Waals surface area contributed by atoms with E-state index in [1.807, 2.05) is 48.7 Å². The van der Waals surface area contributed by atoms with Gasteiger partial charge in [0.2, 0.25) is 0 Å². The number of hydrogen-bond acceptors (Lipinski definition) is 2. The molecule has 2 aromatic carbocycles. The Kier molecular flexibility index (Phi) is 5.00. The zero-order valence-electron chi connectivity index (χ0n) is 14.3. The van der Waals surface area contributed by atoms with Crippen molar-refractivity contribution in [3.63, 3.8) is 0 Å². The third-order valence-corrected chi connectivity index (χ3v) is 5.00. The van der Waals surface area contributed by atoms with Crippen LogP contribution in [0.5, 0.6) is 0 Å². The van der Waals surface area contributed by atoms with Gasteiger partial charge in [0, 0.05) is 47.3 Å². The van der Waals surface area contributed by atoms with Crippen LogP contribution in [0.15, 0.2) is 79.1 Å². The topological polar surface area (TPSA) is 40.7 Å². The number of nitrogens with one attached hydrogen (secondary N) is 2. The van der Waals surface area contributed by atoms with Crippen LogP contribution in [0, 0.1) is 0 Å². The molecule has 0 aliphatic rings. The number of hydrogen-bond donors (Lipinski definition) is 2. The molecule has 0 aliphatic heterocycles. The van der Waals surface area contributed by atoms with Crippen molar-refractivity contribution in [3.05, 3.63) is 101 Å². The lowest BCUT2D eigenvalue weighted by molar-refractivity contribution is 0.630. The van der Waals surface area contributed by atoms with E-state index in [-0.39, 0.29) is 5.92 Å². The van der Waals surface area contributed by atoms with Crippen molar-refractivity contribution < 1.29 is 0 Å². The predicted octanol–water partition coefficient (Wildman–Crippen LogP) is 5.14. The van der Waals surface area contributed by atoms with Crippen molar-refractivity contribution in [2.45, 2.75) is 12.5 Å². The number of benzene rings is 2. The lowest BCUT2D eigenvalue weighted by Crippen LogP contribution is -2.22. The quantitative estimate of drug-likeness (QED) is 0.499. The number of fused-ring (bicyclic) bond motifs is 1.